The third-order valence-corrected chi connectivity index (χ3v) is 6.40. The summed E-state index contributed by atoms with van der Waals surface area (Å²) in [5.41, 5.74) is -4.81. The van der Waals surface area contributed by atoms with Crippen molar-refractivity contribution in [3.8, 4) is 16.9 Å². The van der Waals surface area contributed by atoms with E-state index >= 15 is 0 Å². The third-order valence-electron chi connectivity index (χ3n) is 6.40. The number of hydrogen-bond acceptors (Lipinski definition) is 5. The summed E-state index contributed by atoms with van der Waals surface area (Å²) in [4.78, 5) is 24.0. The second-order valence-corrected chi connectivity index (χ2v) is 9.64. The van der Waals surface area contributed by atoms with E-state index in [0.29, 0.717) is 12.0 Å². The van der Waals surface area contributed by atoms with Crippen molar-refractivity contribution in [3.05, 3.63) is 76.7 Å². The number of alkyl halides is 6. The zero-order valence-corrected chi connectivity index (χ0v) is 21.9. The zero-order chi connectivity index (χ0) is 29.7. The molecule has 216 valence electrons. The molecule has 2 aromatic carbocycles. The molecule has 1 atom stereocenters. The van der Waals surface area contributed by atoms with E-state index in [1.54, 1.807) is 6.07 Å². The lowest BCUT2D eigenvalue weighted by molar-refractivity contribution is -0.240. The molecule has 0 radical (unpaired) electrons. The predicted octanol–water partition coefficient (Wildman–Crippen LogP) is 7.89. The highest BCUT2D eigenvalue weighted by atomic mass is 19.4. The number of rotatable bonds is 11. The number of carbonyl (C=O) groups is 1. The van der Waals surface area contributed by atoms with Crippen molar-refractivity contribution in [3.63, 3.8) is 0 Å². The number of carbonyl (C=O) groups excluding carboxylic acids is 1. The zero-order valence-electron chi connectivity index (χ0n) is 21.9. The van der Waals surface area contributed by atoms with Gasteiger partial charge in [0.25, 0.3) is 0 Å². The van der Waals surface area contributed by atoms with Crippen molar-refractivity contribution in [1.29, 1.82) is 0 Å². The Morgan fingerprint density at radius 3 is 2.33 bits per heavy atom. The second-order valence-electron chi connectivity index (χ2n) is 9.64. The van der Waals surface area contributed by atoms with Crippen molar-refractivity contribution in [1.82, 2.24) is 0 Å². The molecule has 1 heterocycles. The van der Waals surface area contributed by atoms with Gasteiger partial charge < -0.3 is 13.9 Å². The van der Waals surface area contributed by atoms with E-state index in [1.807, 2.05) is 6.92 Å². The number of hydrogen-bond donors (Lipinski definition) is 0. The molecule has 40 heavy (non-hydrogen) atoms. The molecule has 1 unspecified atom stereocenters. The lowest BCUT2D eigenvalue weighted by atomic mass is 9.92. The monoisotopic (exact) mass is 570 g/mol. The lowest BCUT2D eigenvalue weighted by Gasteiger charge is -2.31. The summed E-state index contributed by atoms with van der Waals surface area (Å²) in [7, 11) is 0. The van der Waals surface area contributed by atoms with Crippen molar-refractivity contribution in [2.75, 3.05) is 13.2 Å². The molecule has 0 aliphatic rings. The fraction of sp³-hybridized carbons (Fsp3) is 0.379. The van der Waals surface area contributed by atoms with Gasteiger partial charge >= 0.3 is 23.9 Å². The SMILES string of the molecule is C=CC(=O)OCC(C)(COc1ccc2cc(-c3ccc(CCCCC)cc3C(F)(F)F)c(=O)oc2c1)C(F)(F)F. The first-order chi connectivity index (χ1) is 18.7. The van der Waals surface area contributed by atoms with E-state index in [-0.39, 0.29) is 27.8 Å². The summed E-state index contributed by atoms with van der Waals surface area (Å²) in [6.45, 7) is 3.97. The maximum atomic E-state index is 13.9. The van der Waals surface area contributed by atoms with E-state index in [0.717, 1.165) is 44.4 Å². The van der Waals surface area contributed by atoms with Crippen LogP contribution in [-0.2, 0) is 22.1 Å². The van der Waals surface area contributed by atoms with Crippen LogP contribution in [0.15, 0.2) is 64.3 Å². The maximum absolute atomic E-state index is 13.9. The van der Waals surface area contributed by atoms with Gasteiger partial charge in [-0.2, -0.15) is 26.3 Å². The molecular formula is C29H28F6O5. The molecule has 0 saturated heterocycles. The van der Waals surface area contributed by atoms with Crippen molar-refractivity contribution in [2.45, 2.75) is 51.9 Å². The molecule has 0 spiro atoms. The molecule has 5 nitrogen and oxygen atoms in total. The number of ether oxygens (including phenoxy) is 2. The summed E-state index contributed by atoms with van der Waals surface area (Å²) in [6, 6.07) is 8.87. The quantitative estimate of drug-likeness (QED) is 0.0771. The van der Waals surface area contributed by atoms with Crippen molar-refractivity contribution in [2.24, 2.45) is 5.41 Å². The van der Waals surface area contributed by atoms with Crippen LogP contribution >= 0.6 is 0 Å². The molecule has 0 amide bonds. The molecule has 0 aliphatic heterocycles. The summed E-state index contributed by atoms with van der Waals surface area (Å²) in [6.07, 6.45) is -5.79. The van der Waals surface area contributed by atoms with E-state index in [4.69, 9.17) is 9.15 Å². The van der Waals surface area contributed by atoms with Gasteiger partial charge in [-0.15, -0.1) is 0 Å². The Morgan fingerprint density at radius 1 is 0.975 bits per heavy atom. The molecule has 3 rings (SSSR count). The van der Waals surface area contributed by atoms with Crippen molar-refractivity contribution >= 4 is 16.9 Å². The smallest absolute Gasteiger partial charge is 0.417 e. The maximum Gasteiger partial charge on any atom is 0.417 e. The molecule has 0 aliphatic carbocycles. The number of esters is 1. The van der Waals surface area contributed by atoms with Gasteiger partial charge in [0.15, 0.2) is 0 Å². The Morgan fingerprint density at radius 2 is 1.70 bits per heavy atom. The normalized spacial score (nSPS) is 13.6. The summed E-state index contributed by atoms with van der Waals surface area (Å²) in [5, 5.41) is 0.237. The van der Waals surface area contributed by atoms with E-state index in [9.17, 15) is 35.9 Å². The molecule has 3 aromatic rings. The van der Waals surface area contributed by atoms with Gasteiger partial charge in [-0.25, -0.2) is 9.59 Å². The van der Waals surface area contributed by atoms with Crippen LogP contribution in [0.5, 0.6) is 5.75 Å². The number of halogens is 6. The molecule has 0 bridgehead atoms. The minimum Gasteiger partial charge on any atom is -0.492 e. The van der Waals surface area contributed by atoms with Gasteiger partial charge in [0.1, 0.15) is 30.0 Å². The van der Waals surface area contributed by atoms with Gasteiger partial charge in [-0.1, -0.05) is 38.5 Å². The summed E-state index contributed by atoms with van der Waals surface area (Å²) < 4.78 is 97.9. The highest BCUT2D eigenvalue weighted by Crippen LogP contribution is 2.40. The first-order valence-electron chi connectivity index (χ1n) is 12.5. The standard InChI is InChI=1S/C29H28F6O5/c1-4-6-7-8-18-9-12-21(23(13-18)28(30,31)32)22-14-19-10-11-20(15-24(19)40-26(22)37)38-16-27(3,29(33,34)35)17-39-25(36)5-2/h5,9-15H,2,4,6-8,16-17H2,1,3H3. The van der Waals surface area contributed by atoms with Crippen LogP contribution in [0.3, 0.4) is 0 Å². The second kappa shape index (κ2) is 12.2. The Hall–Kier alpha value is -3.76. The van der Waals surface area contributed by atoms with E-state index in [2.05, 4.69) is 11.3 Å². The third kappa shape index (κ3) is 7.25. The van der Waals surface area contributed by atoms with Crippen LogP contribution in [-0.4, -0.2) is 25.4 Å². The van der Waals surface area contributed by atoms with Crippen LogP contribution in [0.1, 0.15) is 44.2 Å². The minimum absolute atomic E-state index is 0.0946. The molecule has 0 saturated carbocycles. The molecular weight excluding hydrogens is 542 g/mol. The minimum atomic E-state index is -4.80. The van der Waals surface area contributed by atoms with Crippen LogP contribution in [0.4, 0.5) is 26.3 Å². The molecule has 0 N–H and O–H groups in total. The lowest BCUT2D eigenvalue weighted by Crippen LogP contribution is -2.44. The largest absolute Gasteiger partial charge is 0.492 e. The topological polar surface area (TPSA) is 65.7 Å². The first-order valence-corrected chi connectivity index (χ1v) is 12.5. The predicted molar refractivity (Wildman–Crippen MR) is 137 cm³/mol. The van der Waals surface area contributed by atoms with Gasteiger partial charge in [-0.3, -0.25) is 0 Å². The van der Waals surface area contributed by atoms with Gasteiger partial charge in [-0.05, 0) is 49.6 Å². The average Bonchev–Trinajstić information content (AvgIpc) is 2.89. The van der Waals surface area contributed by atoms with Crippen molar-refractivity contribution < 1.29 is 45.0 Å². The Balaban J connectivity index is 1.92. The molecule has 1 aromatic heterocycles. The number of benzene rings is 2. The van der Waals surface area contributed by atoms with Crippen LogP contribution < -0.4 is 10.4 Å². The van der Waals surface area contributed by atoms with Crippen LogP contribution in [0.25, 0.3) is 22.1 Å². The first kappa shape index (κ1) is 30.8. The Bertz CT molecular complexity index is 1420. The Labute approximate surface area is 226 Å². The number of fused-ring (bicyclic) bond motifs is 1. The number of unbranched alkanes of at least 4 members (excludes halogenated alkanes) is 2. The summed E-state index contributed by atoms with van der Waals surface area (Å²) in [5.74, 6) is -1.13. The average molecular weight is 571 g/mol. The van der Waals surface area contributed by atoms with Crippen LogP contribution in [0, 0.1) is 5.41 Å². The summed E-state index contributed by atoms with van der Waals surface area (Å²) >= 11 is 0. The number of aryl methyl sites for hydroxylation is 1. The molecule has 0 fully saturated rings. The highest BCUT2D eigenvalue weighted by molar-refractivity contribution is 5.83. The fourth-order valence-corrected chi connectivity index (χ4v) is 3.90. The molecule has 11 heteroatoms. The van der Waals surface area contributed by atoms with E-state index < -0.39 is 48.1 Å². The van der Waals surface area contributed by atoms with Gasteiger partial charge in [0.2, 0.25) is 0 Å². The highest BCUT2D eigenvalue weighted by Gasteiger charge is 2.53. The van der Waals surface area contributed by atoms with Crippen LogP contribution in [0.2, 0.25) is 0 Å². The van der Waals surface area contributed by atoms with Gasteiger partial charge in [0.05, 0.1) is 11.1 Å². The Kier molecular flexibility index (Phi) is 9.37. The fourth-order valence-electron chi connectivity index (χ4n) is 3.90. The van der Waals surface area contributed by atoms with Gasteiger partial charge in [0, 0.05) is 23.1 Å². The van der Waals surface area contributed by atoms with E-state index in [1.165, 1.54) is 24.3 Å².